The molecule has 0 bridgehead atoms. The van der Waals surface area contributed by atoms with Gasteiger partial charge >= 0.3 is 0 Å². The van der Waals surface area contributed by atoms with Crippen molar-refractivity contribution >= 4 is 0 Å². The third kappa shape index (κ3) is 3.40. The lowest BCUT2D eigenvalue weighted by Crippen LogP contribution is -2.30. The Hall–Kier alpha value is -1.65. The number of ether oxygens (including phenoxy) is 1. The summed E-state index contributed by atoms with van der Waals surface area (Å²) < 4.78 is 19.2. The first-order valence-corrected chi connectivity index (χ1v) is 8.58. The van der Waals surface area contributed by atoms with Crippen LogP contribution in [0.25, 0.3) is 0 Å². The Balaban J connectivity index is 1.58. The van der Waals surface area contributed by atoms with E-state index in [-0.39, 0.29) is 5.82 Å². The predicted molar refractivity (Wildman–Crippen MR) is 92.8 cm³/mol. The van der Waals surface area contributed by atoms with Crippen LogP contribution in [0.3, 0.4) is 0 Å². The predicted octanol–water partition coefficient (Wildman–Crippen LogP) is 3.92. The Morgan fingerprint density at radius 3 is 2.88 bits per heavy atom. The first-order valence-electron chi connectivity index (χ1n) is 8.58. The average molecular weight is 331 g/mol. The molecule has 0 fully saturated rings. The highest BCUT2D eigenvalue weighted by Crippen LogP contribution is 2.32. The SMILES string of the molecule is COC1=CC(CC[C@@H](C)N2Cc3cccc(F)c3C2)=CCC1(C)O. The van der Waals surface area contributed by atoms with E-state index in [9.17, 15) is 9.50 Å². The maximum Gasteiger partial charge on any atom is 0.128 e. The van der Waals surface area contributed by atoms with Crippen molar-refractivity contribution in [3.8, 4) is 0 Å². The second-order valence-corrected chi connectivity index (χ2v) is 7.14. The molecule has 3 nitrogen and oxygen atoms in total. The molecule has 0 amide bonds. The van der Waals surface area contributed by atoms with Gasteiger partial charge in [-0.25, -0.2) is 4.39 Å². The molecular weight excluding hydrogens is 305 g/mol. The number of methoxy groups -OCH3 is 1. The third-order valence-electron chi connectivity index (χ3n) is 5.25. The summed E-state index contributed by atoms with van der Waals surface area (Å²) in [6, 6.07) is 5.73. The highest BCUT2D eigenvalue weighted by molar-refractivity contribution is 5.33. The fourth-order valence-corrected chi connectivity index (χ4v) is 3.54. The lowest BCUT2D eigenvalue weighted by Gasteiger charge is -2.29. The molecule has 130 valence electrons. The minimum atomic E-state index is -0.905. The van der Waals surface area contributed by atoms with Crippen LogP contribution in [-0.2, 0) is 17.8 Å². The van der Waals surface area contributed by atoms with Crippen molar-refractivity contribution in [3.63, 3.8) is 0 Å². The van der Waals surface area contributed by atoms with Gasteiger partial charge in [-0.2, -0.15) is 0 Å². The molecule has 0 aromatic heterocycles. The van der Waals surface area contributed by atoms with E-state index in [1.54, 1.807) is 26.2 Å². The van der Waals surface area contributed by atoms with Crippen LogP contribution < -0.4 is 0 Å². The monoisotopic (exact) mass is 331 g/mol. The summed E-state index contributed by atoms with van der Waals surface area (Å²) in [5, 5.41) is 10.2. The Morgan fingerprint density at radius 1 is 1.38 bits per heavy atom. The highest BCUT2D eigenvalue weighted by atomic mass is 19.1. The van der Waals surface area contributed by atoms with Crippen molar-refractivity contribution in [1.29, 1.82) is 0 Å². The van der Waals surface area contributed by atoms with Gasteiger partial charge in [-0.15, -0.1) is 0 Å². The van der Waals surface area contributed by atoms with E-state index in [2.05, 4.69) is 17.9 Å². The topological polar surface area (TPSA) is 32.7 Å². The van der Waals surface area contributed by atoms with Crippen LogP contribution in [0.1, 0.15) is 44.2 Å². The number of hydrogen-bond donors (Lipinski definition) is 1. The van der Waals surface area contributed by atoms with Crippen LogP contribution in [0.2, 0.25) is 0 Å². The van der Waals surface area contributed by atoms with Crippen molar-refractivity contribution in [2.75, 3.05) is 7.11 Å². The van der Waals surface area contributed by atoms with Crippen molar-refractivity contribution in [1.82, 2.24) is 4.90 Å². The van der Waals surface area contributed by atoms with Gasteiger partial charge in [0.25, 0.3) is 0 Å². The molecule has 1 aliphatic carbocycles. The second kappa shape index (κ2) is 6.69. The molecule has 0 saturated carbocycles. The van der Waals surface area contributed by atoms with Crippen LogP contribution >= 0.6 is 0 Å². The summed E-state index contributed by atoms with van der Waals surface area (Å²) in [4.78, 5) is 2.33. The van der Waals surface area contributed by atoms with Gasteiger partial charge in [0.2, 0.25) is 0 Å². The zero-order valence-corrected chi connectivity index (χ0v) is 14.7. The lowest BCUT2D eigenvalue weighted by atomic mass is 9.89. The van der Waals surface area contributed by atoms with Crippen LogP contribution in [-0.4, -0.2) is 28.8 Å². The molecule has 1 aromatic rings. The molecule has 4 heteroatoms. The van der Waals surface area contributed by atoms with Crippen LogP contribution in [0.4, 0.5) is 4.39 Å². The summed E-state index contributed by atoms with van der Waals surface area (Å²) >= 11 is 0. The summed E-state index contributed by atoms with van der Waals surface area (Å²) in [6.45, 7) is 5.48. The Morgan fingerprint density at radius 2 is 2.17 bits per heavy atom. The number of allylic oxidation sites excluding steroid dienone is 2. The van der Waals surface area contributed by atoms with Gasteiger partial charge in [0, 0.05) is 31.1 Å². The Bertz CT molecular complexity index is 678. The van der Waals surface area contributed by atoms with Gasteiger partial charge in [-0.3, -0.25) is 4.90 Å². The molecule has 1 aromatic carbocycles. The van der Waals surface area contributed by atoms with E-state index in [4.69, 9.17) is 4.74 Å². The fourth-order valence-electron chi connectivity index (χ4n) is 3.54. The molecule has 1 heterocycles. The number of halogens is 1. The summed E-state index contributed by atoms with van der Waals surface area (Å²) in [7, 11) is 1.60. The maximum atomic E-state index is 13.9. The molecule has 0 radical (unpaired) electrons. The van der Waals surface area contributed by atoms with Crippen LogP contribution in [0.5, 0.6) is 0 Å². The quantitative estimate of drug-likeness (QED) is 0.887. The van der Waals surface area contributed by atoms with E-state index in [1.807, 2.05) is 12.1 Å². The summed E-state index contributed by atoms with van der Waals surface area (Å²) in [5.41, 5.74) is 2.25. The zero-order valence-electron chi connectivity index (χ0n) is 14.7. The highest BCUT2D eigenvalue weighted by Gasteiger charge is 2.30. The Kier molecular flexibility index (Phi) is 4.79. The van der Waals surface area contributed by atoms with E-state index in [1.165, 1.54) is 5.57 Å². The smallest absolute Gasteiger partial charge is 0.128 e. The van der Waals surface area contributed by atoms with E-state index >= 15 is 0 Å². The third-order valence-corrected chi connectivity index (χ3v) is 5.25. The van der Waals surface area contributed by atoms with Gasteiger partial charge in [0.15, 0.2) is 0 Å². The van der Waals surface area contributed by atoms with Crippen LogP contribution in [0, 0.1) is 5.82 Å². The molecule has 1 N–H and O–H groups in total. The Labute approximate surface area is 143 Å². The molecular formula is C20H26FNO2. The zero-order chi connectivity index (χ0) is 17.3. The number of hydrogen-bond acceptors (Lipinski definition) is 3. The normalized spacial score (nSPS) is 25.0. The van der Waals surface area contributed by atoms with E-state index in [0.717, 1.165) is 30.5 Å². The van der Waals surface area contributed by atoms with Crippen LogP contribution in [0.15, 0.2) is 41.7 Å². The molecule has 2 atom stereocenters. The molecule has 1 unspecified atom stereocenters. The largest absolute Gasteiger partial charge is 0.498 e. The minimum absolute atomic E-state index is 0.0907. The van der Waals surface area contributed by atoms with Crippen molar-refractivity contribution in [2.45, 2.75) is 57.8 Å². The molecule has 24 heavy (non-hydrogen) atoms. The van der Waals surface area contributed by atoms with Crippen molar-refractivity contribution < 1.29 is 14.2 Å². The first kappa shape index (κ1) is 17.2. The summed E-state index contributed by atoms with van der Waals surface area (Å²) in [5.74, 6) is 0.537. The number of nitrogens with zero attached hydrogens (tertiary/aromatic N) is 1. The van der Waals surface area contributed by atoms with Gasteiger partial charge < -0.3 is 9.84 Å². The standard InChI is InChI=1S/C20H26FNO2/c1-14(22-12-16-5-4-6-18(21)17(16)13-22)7-8-15-9-10-20(2,23)19(11-15)24-3/h4-6,9,11,14,23H,7-8,10,12-13H2,1-3H3/t14-,20?/m1/s1. The van der Waals surface area contributed by atoms with Gasteiger partial charge in [-0.1, -0.05) is 18.2 Å². The maximum absolute atomic E-state index is 13.9. The number of fused-ring (bicyclic) bond motifs is 1. The van der Waals surface area contributed by atoms with Crippen molar-refractivity contribution in [2.24, 2.45) is 0 Å². The number of aliphatic hydroxyl groups is 1. The van der Waals surface area contributed by atoms with Gasteiger partial charge in [-0.05, 0) is 50.0 Å². The van der Waals surface area contributed by atoms with Gasteiger partial charge in [0.1, 0.15) is 17.2 Å². The van der Waals surface area contributed by atoms with E-state index < -0.39 is 5.60 Å². The molecule has 0 spiro atoms. The molecule has 0 saturated heterocycles. The van der Waals surface area contributed by atoms with Crippen molar-refractivity contribution in [3.05, 3.63) is 58.6 Å². The average Bonchev–Trinajstić information content (AvgIpc) is 2.99. The first-order chi connectivity index (χ1) is 11.4. The molecule has 2 aliphatic rings. The fraction of sp³-hybridized carbons (Fsp3) is 0.500. The minimum Gasteiger partial charge on any atom is -0.498 e. The molecule has 3 rings (SSSR count). The second-order valence-electron chi connectivity index (χ2n) is 7.14. The lowest BCUT2D eigenvalue weighted by molar-refractivity contribution is 0.0390. The van der Waals surface area contributed by atoms with E-state index in [0.29, 0.717) is 24.8 Å². The summed E-state index contributed by atoms with van der Waals surface area (Å²) in [6.07, 6.45) is 6.55. The van der Waals surface area contributed by atoms with Gasteiger partial charge in [0.05, 0.1) is 7.11 Å². The number of benzene rings is 1. The molecule has 1 aliphatic heterocycles. The number of rotatable bonds is 5.